The molecule has 4 nitrogen and oxygen atoms in total. The lowest BCUT2D eigenvalue weighted by atomic mass is 10.0. The van der Waals surface area contributed by atoms with Crippen LogP contribution in [-0.2, 0) is 4.74 Å². The van der Waals surface area contributed by atoms with Gasteiger partial charge in [-0.2, -0.15) is 0 Å². The Morgan fingerprint density at radius 3 is 2.52 bits per heavy atom. The van der Waals surface area contributed by atoms with E-state index in [-0.39, 0.29) is 6.04 Å². The predicted octanol–water partition coefficient (Wildman–Crippen LogP) is 3.93. The topological polar surface area (TPSA) is 39.7 Å². The van der Waals surface area contributed by atoms with Crippen LogP contribution in [0.4, 0.5) is 0 Å². The Balaban J connectivity index is 2.93. The van der Waals surface area contributed by atoms with E-state index in [2.05, 4.69) is 34.2 Å². The molecular weight excluding hydrogens is 334 g/mol. The molecule has 0 amide bonds. The fourth-order valence-corrected chi connectivity index (χ4v) is 3.03. The highest BCUT2D eigenvalue weighted by atomic mass is 79.9. The molecule has 1 aromatic rings. The van der Waals surface area contributed by atoms with Crippen molar-refractivity contribution in [3.05, 3.63) is 22.2 Å². The minimum atomic E-state index is 0.243. The molecule has 0 aliphatic heterocycles. The number of rotatable bonds is 10. The van der Waals surface area contributed by atoms with Crippen molar-refractivity contribution in [2.75, 3.05) is 34.0 Å². The van der Waals surface area contributed by atoms with Crippen LogP contribution in [0.15, 0.2) is 16.6 Å². The van der Waals surface area contributed by atoms with Crippen molar-refractivity contribution in [1.82, 2.24) is 5.32 Å². The smallest absolute Gasteiger partial charge is 0.141 e. The lowest BCUT2D eigenvalue weighted by Gasteiger charge is -2.22. The summed E-state index contributed by atoms with van der Waals surface area (Å²) in [6.07, 6.45) is 2.02. The summed E-state index contributed by atoms with van der Waals surface area (Å²) in [6.45, 7) is 6.60. The lowest BCUT2D eigenvalue weighted by molar-refractivity contribution is 0.140. The highest BCUT2D eigenvalue weighted by Crippen LogP contribution is 2.40. The fraction of sp³-hybridized carbons (Fsp3) is 0.625. The van der Waals surface area contributed by atoms with Gasteiger partial charge in [0, 0.05) is 24.8 Å². The Morgan fingerprint density at radius 2 is 1.95 bits per heavy atom. The van der Waals surface area contributed by atoms with Gasteiger partial charge in [0.05, 0.1) is 14.2 Å². The van der Waals surface area contributed by atoms with E-state index < -0.39 is 0 Å². The van der Waals surface area contributed by atoms with E-state index in [9.17, 15) is 0 Å². The van der Waals surface area contributed by atoms with Gasteiger partial charge < -0.3 is 19.5 Å². The third-order valence-corrected chi connectivity index (χ3v) is 4.08. The number of methoxy groups -OCH3 is 2. The maximum Gasteiger partial charge on any atom is 0.141 e. The van der Waals surface area contributed by atoms with Crippen LogP contribution in [0.25, 0.3) is 0 Å². The summed E-state index contributed by atoms with van der Waals surface area (Å²) in [7, 11) is 3.34. The van der Waals surface area contributed by atoms with Crippen LogP contribution in [0.2, 0.25) is 0 Å². The van der Waals surface area contributed by atoms with E-state index in [1.54, 1.807) is 14.2 Å². The van der Waals surface area contributed by atoms with Crippen molar-refractivity contribution in [3.63, 3.8) is 0 Å². The second kappa shape index (κ2) is 10.0. The van der Waals surface area contributed by atoms with Gasteiger partial charge in [-0.15, -0.1) is 0 Å². The van der Waals surface area contributed by atoms with E-state index >= 15 is 0 Å². The molecule has 0 aliphatic carbocycles. The van der Waals surface area contributed by atoms with Gasteiger partial charge in [-0.25, -0.2) is 0 Å². The quantitative estimate of drug-likeness (QED) is 0.642. The number of nitrogens with one attached hydrogen (secondary N) is 1. The Bertz CT molecular complexity index is 426. The molecule has 1 N–H and O–H groups in total. The maximum absolute atomic E-state index is 5.58. The first kappa shape index (κ1) is 18.3. The first-order valence-corrected chi connectivity index (χ1v) is 8.20. The summed E-state index contributed by atoms with van der Waals surface area (Å²) < 4.78 is 17.2. The largest absolute Gasteiger partial charge is 0.495 e. The molecule has 0 radical (unpaired) electrons. The van der Waals surface area contributed by atoms with Crippen molar-refractivity contribution in [2.24, 2.45) is 0 Å². The van der Waals surface area contributed by atoms with E-state index in [4.69, 9.17) is 14.2 Å². The van der Waals surface area contributed by atoms with Crippen LogP contribution < -0.4 is 14.8 Å². The monoisotopic (exact) mass is 359 g/mol. The zero-order valence-electron chi connectivity index (χ0n) is 13.4. The SMILES string of the molecule is CCNC(CCCOCC)c1ccc(OC)c(Br)c1OC. The third kappa shape index (κ3) is 5.16. The molecule has 0 spiro atoms. The highest BCUT2D eigenvalue weighted by Gasteiger charge is 2.19. The number of hydrogen-bond acceptors (Lipinski definition) is 4. The zero-order chi connectivity index (χ0) is 15.7. The first-order valence-electron chi connectivity index (χ1n) is 7.41. The standard InChI is InChI=1S/C16H26BrNO3/c1-5-18-13(8-7-11-21-6-2)12-9-10-14(19-3)15(17)16(12)20-4/h9-10,13,18H,5-8,11H2,1-4H3. The van der Waals surface area contributed by atoms with Crippen LogP contribution in [0.3, 0.4) is 0 Å². The van der Waals surface area contributed by atoms with Crippen LogP contribution in [0.1, 0.15) is 38.3 Å². The number of benzene rings is 1. The molecule has 0 heterocycles. The van der Waals surface area contributed by atoms with Crippen LogP contribution >= 0.6 is 15.9 Å². The average Bonchev–Trinajstić information content (AvgIpc) is 2.50. The molecule has 1 aromatic carbocycles. The summed E-state index contributed by atoms with van der Waals surface area (Å²) in [5, 5.41) is 3.52. The van der Waals surface area contributed by atoms with Gasteiger partial charge in [-0.3, -0.25) is 0 Å². The molecule has 1 rings (SSSR count). The summed E-state index contributed by atoms with van der Waals surface area (Å²) >= 11 is 3.56. The van der Waals surface area contributed by atoms with Crippen LogP contribution in [0, 0.1) is 0 Å². The number of hydrogen-bond donors (Lipinski definition) is 1. The van der Waals surface area contributed by atoms with Crippen LogP contribution in [0.5, 0.6) is 11.5 Å². The molecule has 5 heteroatoms. The minimum Gasteiger partial charge on any atom is -0.495 e. The second-order valence-corrected chi connectivity index (χ2v) is 5.45. The normalized spacial score (nSPS) is 12.2. The van der Waals surface area contributed by atoms with Crippen molar-refractivity contribution >= 4 is 15.9 Å². The van der Waals surface area contributed by atoms with Gasteiger partial charge in [0.1, 0.15) is 16.0 Å². The third-order valence-electron chi connectivity index (χ3n) is 3.33. The van der Waals surface area contributed by atoms with Crippen molar-refractivity contribution in [3.8, 4) is 11.5 Å². The summed E-state index contributed by atoms with van der Waals surface area (Å²) in [4.78, 5) is 0. The van der Waals surface area contributed by atoms with Crippen molar-refractivity contribution in [1.29, 1.82) is 0 Å². The Hall–Kier alpha value is -0.780. The maximum atomic E-state index is 5.58. The zero-order valence-corrected chi connectivity index (χ0v) is 15.0. The Labute approximate surface area is 136 Å². The molecule has 0 saturated carbocycles. The lowest BCUT2D eigenvalue weighted by Crippen LogP contribution is -2.22. The number of halogens is 1. The molecule has 21 heavy (non-hydrogen) atoms. The van der Waals surface area contributed by atoms with Crippen molar-refractivity contribution < 1.29 is 14.2 Å². The van der Waals surface area contributed by atoms with Gasteiger partial charge in [0.15, 0.2) is 0 Å². The van der Waals surface area contributed by atoms with Gasteiger partial charge >= 0.3 is 0 Å². The molecule has 0 aromatic heterocycles. The summed E-state index contributed by atoms with van der Waals surface area (Å²) in [5.41, 5.74) is 1.14. The van der Waals surface area contributed by atoms with Crippen LogP contribution in [-0.4, -0.2) is 34.0 Å². The molecule has 0 bridgehead atoms. The molecule has 0 fully saturated rings. The van der Waals surface area contributed by atoms with E-state index in [0.29, 0.717) is 0 Å². The van der Waals surface area contributed by atoms with Crippen molar-refractivity contribution in [2.45, 2.75) is 32.7 Å². The number of ether oxygens (including phenoxy) is 3. The van der Waals surface area contributed by atoms with E-state index in [0.717, 1.165) is 54.1 Å². The van der Waals surface area contributed by atoms with E-state index in [1.807, 2.05) is 13.0 Å². The fourth-order valence-electron chi connectivity index (χ4n) is 2.34. The molecule has 0 aliphatic rings. The molecule has 0 saturated heterocycles. The highest BCUT2D eigenvalue weighted by molar-refractivity contribution is 9.10. The Morgan fingerprint density at radius 1 is 1.19 bits per heavy atom. The van der Waals surface area contributed by atoms with Gasteiger partial charge in [0.2, 0.25) is 0 Å². The Kier molecular flexibility index (Phi) is 8.73. The van der Waals surface area contributed by atoms with Gasteiger partial charge in [0.25, 0.3) is 0 Å². The van der Waals surface area contributed by atoms with Gasteiger partial charge in [-0.1, -0.05) is 6.92 Å². The first-order chi connectivity index (χ1) is 10.2. The molecule has 1 unspecified atom stereocenters. The molecular formula is C16H26BrNO3. The summed E-state index contributed by atoms with van der Waals surface area (Å²) in [6, 6.07) is 4.28. The predicted molar refractivity (Wildman–Crippen MR) is 89.4 cm³/mol. The average molecular weight is 360 g/mol. The minimum absolute atomic E-state index is 0.243. The van der Waals surface area contributed by atoms with Gasteiger partial charge in [-0.05, 0) is 54.4 Å². The molecule has 1 atom stereocenters. The summed E-state index contributed by atoms with van der Waals surface area (Å²) in [5.74, 6) is 1.61. The van der Waals surface area contributed by atoms with E-state index in [1.165, 1.54) is 0 Å². The molecule has 120 valence electrons. The second-order valence-electron chi connectivity index (χ2n) is 4.65.